The highest BCUT2D eigenvalue weighted by molar-refractivity contribution is 7.98. The van der Waals surface area contributed by atoms with Gasteiger partial charge in [0.05, 0.1) is 5.92 Å². The van der Waals surface area contributed by atoms with E-state index < -0.39 is 0 Å². The molecule has 5 nitrogen and oxygen atoms in total. The number of carbonyl (C=O) groups excluding carboxylic acids is 2. The summed E-state index contributed by atoms with van der Waals surface area (Å²) in [5, 5.41) is 2.97. The van der Waals surface area contributed by atoms with Crippen LogP contribution in [0.25, 0.3) is 0 Å². The minimum atomic E-state index is -0.355. The summed E-state index contributed by atoms with van der Waals surface area (Å²) in [4.78, 5) is 32.4. The number of hydrogen-bond acceptors (Lipinski definition) is 4. The lowest BCUT2D eigenvalue weighted by atomic mass is 10.1. The van der Waals surface area contributed by atoms with Gasteiger partial charge in [-0.2, -0.15) is 0 Å². The fourth-order valence-electron chi connectivity index (χ4n) is 3.67. The third-order valence-electron chi connectivity index (χ3n) is 5.61. The van der Waals surface area contributed by atoms with E-state index in [1.54, 1.807) is 22.9 Å². The lowest BCUT2D eigenvalue weighted by Crippen LogP contribution is -2.28. The van der Waals surface area contributed by atoms with Gasteiger partial charge in [0.1, 0.15) is 0 Å². The Bertz CT molecular complexity index is 1080. The second kappa shape index (κ2) is 9.35. The lowest BCUT2D eigenvalue weighted by Gasteiger charge is -2.20. The minimum absolute atomic E-state index is 0.00370. The molecule has 31 heavy (non-hydrogen) atoms. The summed E-state index contributed by atoms with van der Waals surface area (Å²) in [6.07, 6.45) is 3.87. The predicted molar refractivity (Wildman–Crippen MR) is 125 cm³/mol. The van der Waals surface area contributed by atoms with Gasteiger partial charge in [-0.15, -0.1) is 11.8 Å². The van der Waals surface area contributed by atoms with Crippen molar-refractivity contribution < 1.29 is 9.59 Å². The first-order chi connectivity index (χ1) is 15.0. The molecule has 3 aromatic rings. The van der Waals surface area contributed by atoms with Gasteiger partial charge in [-0.05, 0) is 66.9 Å². The van der Waals surface area contributed by atoms with Gasteiger partial charge in [0, 0.05) is 47.4 Å². The topological polar surface area (TPSA) is 62.3 Å². The van der Waals surface area contributed by atoms with Crippen molar-refractivity contribution in [3.8, 4) is 0 Å². The van der Waals surface area contributed by atoms with Crippen molar-refractivity contribution in [2.24, 2.45) is 5.92 Å². The zero-order chi connectivity index (χ0) is 21.8. The third-order valence-corrected chi connectivity index (χ3v) is 6.70. The maximum absolute atomic E-state index is 12.8. The van der Waals surface area contributed by atoms with Crippen molar-refractivity contribution in [2.75, 3.05) is 16.8 Å². The molecular formula is C25H25N3O2S. The number of aromatic nitrogens is 1. The van der Waals surface area contributed by atoms with Crippen molar-refractivity contribution in [1.29, 1.82) is 0 Å². The number of nitrogens with one attached hydrogen (secondary N) is 1. The number of aryl methyl sites for hydroxylation is 1. The fraction of sp³-hybridized carbons (Fsp3) is 0.240. The number of thioether (sulfide) groups is 1. The minimum Gasteiger partial charge on any atom is -0.326 e. The quantitative estimate of drug-likeness (QED) is 0.559. The number of nitrogens with zero attached hydrogens (tertiary/aromatic N) is 2. The monoisotopic (exact) mass is 431 g/mol. The zero-order valence-electron chi connectivity index (χ0n) is 17.7. The van der Waals surface area contributed by atoms with Crippen molar-refractivity contribution in [1.82, 2.24) is 4.98 Å². The highest BCUT2D eigenvalue weighted by Crippen LogP contribution is 2.30. The second-order valence-electron chi connectivity index (χ2n) is 7.79. The molecule has 2 aromatic carbocycles. The number of anilines is 2. The van der Waals surface area contributed by atoms with Crippen molar-refractivity contribution in [2.45, 2.75) is 30.9 Å². The number of rotatable bonds is 6. The van der Waals surface area contributed by atoms with Gasteiger partial charge in [-0.3, -0.25) is 14.6 Å². The summed E-state index contributed by atoms with van der Waals surface area (Å²) in [6.45, 7) is 4.45. The molecule has 1 N–H and O–H groups in total. The van der Waals surface area contributed by atoms with Crippen molar-refractivity contribution in [3.05, 3.63) is 83.7 Å². The molecule has 1 unspecified atom stereocenters. The molecule has 1 aliphatic rings. The van der Waals surface area contributed by atoms with Crippen LogP contribution in [0, 0.1) is 19.8 Å². The number of amides is 2. The lowest BCUT2D eigenvalue weighted by molar-refractivity contribution is -0.122. The second-order valence-corrected chi connectivity index (χ2v) is 8.84. The van der Waals surface area contributed by atoms with Crippen LogP contribution in [-0.2, 0) is 15.3 Å². The van der Waals surface area contributed by atoms with Crippen LogP contribution >= 0.6 is 11.8 Å². The first kappa shape index (κ1) is 21.1. The molecule has 0 saturated carbocycles. The zero-order valence-corrected chi connectivity index (χ0v) is 18.5. The van der Waals surface area contributed by atoms with Crippen LogP contribution in [0.2, 0.25) is 0 Å². The highest BCUT2D eigenvalue weighted by Gasteiger charge is 2.35. The Hall–Kier alpha value is -3.12. The van der Waals surface area contributed by atoms with Crippen LogP contribution in [0.4, 0.5) is 11.4 Å². The van der Waals surface area contributed by atoms with E-state index in [1.165, 1.54) is 5.56 Å². The van der Waals surface area contributed by atoms with Crippen LogP contribution < -0.4 is 10.2 Å². The van der Waals surface area contributed by atoms with E-state index in [1.807, 2.05) is 68.6 Å². The molecule has 0 bridgehead atoms. The van der Waals surface area contributed by atoms with Crippen LogP contribution in [0.1, 0.15) is 23.1 Å². The first-order valence-electron chi connectivity index (χ1n) is 10.3. The van der Waals surface area contributed by atoms with E-state index in [-0.39, 0.29) is 24.2 Å². The Kier molecular flexibility index (Phi) is 6.37. The summed E-state index contributed by atoms with van der Waals surface area (Å²) in [7, 11) is 0. The van der Waals surface area contributed by atoms with E-state index in [2.05, 4.69) is 16.4 Å². The normalized spacial score (nSPS) is 15.9. The van der Waals surface area contributed by atoms with Crippen LogP contribution in [0.15, 0.2) is 71.9 Å². The average Bonchev–Trinajstić information content (AvgIpc) is 3.17. The van der Waals surface area contributed by atoms with Crippen LogP contribution in [-0.4, -0.2) is 23.3 Å². The maximum atomic E-state index is 12.8. The molecular weight excluding hydrogens is 406 g/mol. The molecule has 0 aliphatic carbocycles. The van der Waals surface area contributed by atoms with Crippen LogP contribution in [0.5, 0.6) is 0 Å². The van der Waals surface area contributed by atoms with Gasteiger partial charge in [0.2, 0.25) is 11.8 Å². The molecule has 1 fully saturated rings. The van der Waals surface area contributed by atoms with E-state index in [4.69, 9.17) is 0 Å². The third kappa shape index (κ3) is 4.97. The summed E-state index contributed by atoms with van der Waals surface area (Å²) in [5.74, 6) is 0.373. The van der Waals surface area contributed by atoms with E-state index in [0.29, 0.717) is 6.54 Å². The molecule has 2 amide bonds. The smallest absolute Gasteiger partial charge is 0.229 e. The van der Waals surface area contributed by atoms with E-state index in [9.17, 15) is 9.59 Å². The first-order valence-corrected chi connectivity index (χ1v) is 11.3. The molecule has 1 aromatic heterocycles. The number of pyridine rings is 1. The van der Waals surface area contributed by atoms with E-state index in [0.717, 1.165) is 33.2 Å². The average molecular weight is 432 g/mol. The van der Waals surface area contributed by atoms with E-state index >= 15 is 0 Å². The molecule has 2 heterocycles. The van der Waals surface area contributed by atoms with Crippen molar-refractivity contribution >= 4 is 35.0 Å². The molecule has 1 atom stereocenters. The van der Waals surface area contributed by atoms with Gasteiger partial charge in [-0.25, -0.2) is 0 Å². The fourth-order valence-corrected chi connectivity index (χ4v) is 4.51. The molecule has 1 saturated heterocycles. The molecule has 158 valence electrons. The predicted octanol–water partition coefficient (Wildman–Crippen LogP) is 4.98. The van der Waals surface area contributed by atoms with Crippen LogP contribution in [0.3, 0.4) is 0 Å². The maximum Gasteiger partial charge on any atom is 0.229 e. The molecule has 0 radical (unpaired) electrons. The molecule has 6 heteroatoms. The van der Waals surface area contributed by atoms with Gasteiger partial charge >= 0.3 is 0 Å². The number of carbonyl (C=O) groups is 2. The largest absolute Gasteiger partial charge is 0.326 e. The summed E-state index contributed by atoms with van der Waals surface area (Å²) < 4.78 is 0. The van der Waals surface area contributed by atoms with Gasteiger partial charge in [-0.1, -0.05) is 18.2 Å². The van der Waals surface area contributed by atoms with Gasteiger partial charge < -0.3 is 10.2 Å². The van der Waals surface area contributed by atoms with Gasteiger partial charge in [0.15, 0.2) is 0 Å². The summed E-state index contributed by atoms with van der Waals surface area (Å²) in [6, 6.07) is 17.7. The Morgan fingerprint density at radius 1 is 1.13 bits per heavy atom. The Balaban J connectivity index is 1.35. The molecule has 1 aliphatic heterocycles. The number of benzene rings is 2. The molecule has 4 rings (SSSR count). The summed E-state index contributed by atoms with van der Waals surface area (Å²) in [5.41, 5.74) is 5.03. The number of hydrogen-bond donors (Lipinski definition) is 1. The standard InChI is InChI=1S/C25H25N3O2S/c1-17-5-3-7-23(18(17)2)28-15-20(13-24(28)29)25(30)27-21-8-10-22(11-9-21)31-16-19-6-4-12-26-14-19/h3-12,14,20H,13,15-16H2,1-2H3,(H,27,30). The van der Waals surface area contributed by atoms with Gasteiger partial charge in [0.25, 0.3) is 0 Å². The Labute approximate surface area is 186 Å². The van der Waals surface area contributed by atoms with Crippen molar-refractivity contribution in [3.63, 3.8) is 0 Å². The highest BCUT2D eigenvalue weighted by atomic mass is 32.2. The SMILES string of the molecule is Cc1cccc(N2CC(C(=O)Nc3ccc(SCc4cccnc4)cc3)CC2=O)c1C. The Morgan fingerprint density at radius 3 is 2.68 bits per heavy atom. The molecule has 0 spiro atoms. The Morgan fingerprint density at radius 2 is 1.94 bits per heavy atom. The summed E-state index contributed by atoms with van der Waals surface area (Å²) >= 11 is 1.72.